The molecule has 222 valence electrons. The maximum Gasteiger partial charge on any atom is 0.336 e. The van der Waals surface area contributed by atoms with Crippen molar-refractivity contribution in [1.82, 2.24) is 19.5 Å². The summed E-state index contributed by atoms with van der Waals surface area (Å²) in [6.07, 6.45) is 5.05. The fourth-order valence-electron chi connectivity index (χ4n) is 5.77. The first kappa shape index (κ1) is 29.1. The Balaban J connectivity index is 1.49. The van der Waals surface area contributed by atoms with Gasteiger partial charge in [0.15, 0.2) is 0 Å². The van der Waals surface area contributed by atoms with Crippen LogP contribution in [-0.4, -0.2) is 43.7 Å². The van der Waals surface area contributed by atoms with Gasteiger partial charge >= 0.3 is 5.97 Å². The Bertz CT molecular complexity index is 2000. The van der Waals surface area contributed by atoms with E-state index >= 15 is 0 Å². The number of nitrogens with one attached hydrogen (secondary N) is 1. The van der Waals surface area contributed by atoms with Gasteiger partial charge in [0.2, 0.25) is 5.91 Å². The molecule has 0 fully saturated rings. The molecule has 0 saturated heterocycles. The number of aryl methyl sites for hydroxylation is 1. The lowest BCUT2D eigenvalue weighted by Crippen LogP contribution is -2.38. The Morgan fingerprint density at radius 2 is 1.78 bits per heavy atom. The van der Waals surface area contributed by atoms with Gasteiger partial charge in [0.05, 0.1) is 47.1 Å². The lowest BCUT2D eigenvalue weighted by Gasteiger charge is -2.33. The second kappa shape index (κ2) is 12.3. The predicted molar refractivity (Wildman–Crippen MR) is 171 cm³/mol. The number of ether oxygens (including phenoxy) is 1. The van der Waals surface area contributed by atoms with Crippen LogP contribution in [0, 0.1) is 24.2 Å². The quantitative estimate of drug-likeness (QED) is 0.236. The van der Waals surface area contributed by atoms with Crippen LogP contribution in [0.15, 0.2) is 102 Å². The SMILES string of the molecule is CCOC(=O)C1=C(c2ccc(-n3c(C)nc4cnccc43)cc2)N=C(C)C(C(=O)Nc2ccccn2)C1c1ccc(C#N)cc1. The summed E-state index contributed by atoms with van der Waals surface area (Å²) in [4.78, 5) is 45.6. The molecule has 0 aliphatic carbocycles. The number of fused-ring (bicyclic) bond motifs is 1. The van der Waals surface area contributed by atoms with Crippen molar-refractivity contribution < 1.29 is 14.3 Å². The second-order valence-electron chi connectivity index (χ2n) is 10.5. The number of imidazole rings is 1. The fraction of sp³-hybridized carbons (Fsp3) is 0.171. The van der Waals surface area contributed by atoms with Crippen LogP contribution in [0.1, 0.15) is 42.3 Å². The minimum absolute atomic E-state index is 0.143. The lowest BCUT2D eigenvalue weighted by molar-refractivity contribution is -0.138. The molecule has 1 amide bonds. The molecule has 6 rings (SSSR count). The summed E-state index contributed by atoms with van der Waals surface area (Å²) in [5, 5.41) is 12.3. The first-order valence-corrected chi connectivity index (χ1v) is 14.5. The molecular weight excluding hydrogens is 566 g/mol. The van der Waals surface area contributed by atoms with Crippen LogP contribution in [-0.2, 0) is 14.3 Å². The van der Waals surface area contributed by atoms with E-state index in [-0.39, 0.29) is 18.1 Å². The minimum atomic E-state index is -0.851. The lowest BCUT2D eigenvalue weighted by atomic mass is 9.74. The normalized spacial score (nSPS) is 16.2. The van der Waals surface area contributed by atoms with E-state index in [0.29, 0.717) is 33.9 Å². The fourth-order valence-corrected chi connectivity index (χ4v) is 5.77. The van der Waals surface area contributed by atoms with E-state index in [2.05, 4.69) is 26.3 Å². The maximum atomic E-state index is 13.9. The highest BCUT2D eigenvalue weighted by Crippen LogP contribution is 2.43. The van der Waals surface area contributed by atoms with E-state index in [1.54, 1.807) is 74.9 Å². The average molecular weight is 596 g/mol. The van der Waals surface area contributed by atoms with Gasteiger partial charge in [0.1, 0.15) is 17.2 Å². The third-order valence-electron chi connectivity index (χ3n) is 7.75. The van der Waals surface area contributed by atoms with Crippen molar-refractivity contribution in [3.05, 3.63) is 119 Å². The van der Waals surface area contributed by atoms with Crippen LogP contribution >= 0.6 is 0 Å². The summed E-state index contributed by atoms with van der Waals surface area (Å²) in [6, 6.07) is 23.9. The number of amides is 1. The smallest absolute Gasteiger partial charge is 0.336 e. The zero-order chi connectivity index (χ0) is 31.5. The van der Waals surface area contributed by atoms with E-state index in [4.69, 9.17) is 9.73 Å². The Kier molecular flexibility index (Phi) is 7.99. The molecule has 4 heterocycles. The predicted octanol–water partition coefficient (Wildman–Crippen LogP) is 5.78. The van der Waals surface area contributed by atoms with Crippen molar-refractivity contribution in [2.75, 3.05) is 11.9 Å². The second-order valence-corrected chi connectivity index (χ2v) is 10.5. The molecule has 1 aliphatic heterocycles. The number of pyridine rings is 2. The summed E-state index contributed by atoms with van der Waals surface area (Å²) in [6.45, 7) is 5.59. The summed E-state index contributed by atoms with van der Waals surface area (Å²) in [5.74, 6) is -1.34. The Labute approximate surface area is 259 Å². The van der Waals surface area contributed by atoms with Gasteiger partial charge in [-0.05, 0) is 68.8 Å². The monoisotopic (exact) mass is 595 g/mol. The molecule has 2 aromatic carbocycles. The molecule has 5 aromatic rings. The van der Waals surface area contributed by atoms with Gasteiger partial charge in [-0.15, -0.1) is 0 Å². The van der Waals surface area contributed by atoms with Crippen molar-refractivity contribution in [2.45, 2.75) is 26.7 Å². The van der Waals surface area contributed by atoms with E-state index in [1.807, 2.05) is 41.8 Å². The van der Waals surface area contributed by atoms with Gasteiger partial charge in [-0.1, -0.05) is 30.3 Å². The van der Waals surface area contributed by atoms with Gasteiger partial charge in [-0.3, -0.25) is 19.3 Å². The molecule has 10 heteroatoms. The van der Waals surface area contributed by atoms with E-state index < -0.39 is 17.8 Å². The van der Waals surface area contributed by atoms with Crippen LogP contribution < -0.4 is 5.32 Å². The van der Waals surface area contributed by atoms with Crippen molar-refractivity contribution in [1.29, 1.82) is 5.26 Å². The zero-order valence-electron chi connectivity index (χ0n) is 24.9. The highest BCUT2D eigenvalue weighted by molar-refractivity contribution is 6.15. The van der Waals surface area contributed by atoms with E-state index in [0.717, 1.165) is 22.5 Å². The summed E-state index contributed by atoms with van der Waals surface area (Å²) < 4.78 is 7.61. The molecule has 1 N–H and O–H groups in total. The maximum absolute atomic E-state index is 13.9. The van der Waals surface area contributed by atoms with Crippen LogP contribution in [0.4, 0.5) is 5.82 Å². The third-order valence-corrected chi connectivity index (χ3v) is 7.75. The van der Waals surface area contributed by atoms with Gasteiger partial charge in [-0.25, -0.2) is 14.8 Å². The first-order chi connectivity index (χ1) is 21.9. The summed E-state index contributed by atoms with van der Waals surface area (Å²) >= 11 is 0. The Morgan fingerprint density at radius 3 is 2.47 bits per heavy atom. The largest absolute Gasteiger partial charge is 0.463 e. The topological polar surface area (TPSA) is 135 Å². The molecule has 3 aromatic heterocycles. The van der Waals surface area contributed by atoms with Crippen molar-refractivity contribution in [3.8, 4) is 11.8 Å². The number of nitriles is 1. The zero-order valence-corrected chi connectivity index (χ0v) is 24.9. The number of hydrogen-bond donors (Lipinski definition) is 1. The molecule has 0 spiro atoms. The number of carbonyl (C=O) groups excluding carboxylic acids is 2. The van der Waals surface area contributed by atoms with Gasteiger partial charge in [0.25, 0.3) is 0 Å². The minimum Gasteiger partial charge on any atom is -0.463 e. The van der Waals surface area contributed by atoms with Crippen molar-refractivity contribution in [2.24, 2.45) is 10.9 Å². The first-order valence-electron chi connectivity index (χ1n) is 14.5. The number of carbonyl (C=O) groups is 2. The number of benzene rings is 2. The molecule has 2 unspecified atom stereocenters. The Hall–Kier alpha value is -5.95. The molecule has 10 nitrogen and oxygen atoms in total. The van der Waals surface area contributed by atoms with Crippen molar-refractivity contribution >= 4 is 40.1 Å². The summed E-state index contributed by atoms with van der Waals surface area (Å²) in [7, 11) is 0. The van der Waals surface area contributed by atoms with E-state index in [1.165, 1.54) is 0 Å². The van der Waals surface area contributed by atoms with Crippen LogP contribution in [0.25, 0.3) is 22.4 Å². The molecule has 2 atom stereocenters. The number of hydrogen-bond acceptors (Lipinski definition) is 8. The molecule has 1 aliphatic rings. The Morgan fingerprint density at radius 1 is 1.00 bits per heavy atom. The number of nitrogens with zero attached hydrogens (tertiary/aromatic N) is 6. The third kappa shape index (κ3) is 5.59. The highest BCUT2D eigenvalue weighted by Gasteiger charge is 2.42. The number of aromatic nitrogens is 4. The van der Waals surface area contributed by atoms with Crippen LogP contribution in [0.2, 0.25) is 0 Å². The van der Waals surface area contributed by atoms with E-state index in [9.17, 15) is 14.9 Å². The molecule has 45 heavy (non-hydrogen) atoms. The molecule has 0 bridgehead atoms. The number of rotatable bonds is 7. The summed E-state index contributed by atoms with van der Waals surface area (Å²) in [5.41, 5.74) is 5.63. The molecule has 0 saturated carbocycles. The number of esters is 1. The van der Waals surface area contributed by atoms with Gasteiger partial charge < -0.3 is 10.1 Å². The van der Waals surface area contributed by atoms with Gasteiger partial charge in [0, 0.05) is 35.3 Å². The number of aliphatic imine (C=N–C) groups is 1. The van der Waals surface area contributed by atoms with Crippen molar-refractivity contribution in [3.63, 3.8) is 0 Å². The van der Waals surface area contributed by atoms with Crippen LogP contribution in [0.3, 0.4) is 0 Å². The molecule has 0 radical (unpaired) electrons. The highest BCUT2D eigenvalue weighted by atomic mass is 16.5. The standard InChI is InChI=1S/C35H29N7O3/c1-4-45-35(44)32-31(24-10-8-23(19-36)9-11-24)30(34(43)41-29-7-5-6-17-38-29)21(2)39-33(32)25-12-14-26(15-13-25)42-22(3)40-27-20-37-18-16-28(27)42/h5-18,20,30-31H,4H2,1-3H3,(H,38,41,43). The van der Waals surface area contributed by atoms with Crippen LogP contribution in [0.5, 0.6) is 0 Å². The van der Waals surface area contributed by atoms with Gasteiger partial charge in [-0.2, -0.15) is 5.26 Å². The average Bonchev–Trinajstić information content (AvgIpc) is 3.40. The number of anilines is 1. The molecular formula is C35H29N7O3.